The summed E-state index contributed by atoms with van der Waals surface area (Å²) in [6.07, 6.45) is 0. The summed E-state index contributed by atoms with van der Waals surface area (Å²) in [7, 11) is 0. The van der Waals surface area contributed by atoms with Crippen molar-refractivity contribution in [2.45, 2.75) is 33.6 Å². The third-order valence-corrected chi connectivity index (χ3v) is 5.49. The van der Waals surface area contributed by atoms with E-state index in [2.05, 4.69) is 5.32 Å². The molecule has 1 heterocycles. The normalized spacial score (nSPS) is 13.7. The zero-order valence-corrected chi connectivity index (χ0v) is 20.3. The Balaban J connectivity index is 1.92. The van der Waals surface area contributed by atoms with Gasteiger partial charge in [-0.2, -0.15) is 0 Å². The molecule has 1 aliphatic heterocycles. The summed E-state index contributed by atoms with van der Waals surface area (Å²) in [4.78, 5) is 48.4. The number of rotatable bonds is 8. The summed E-state index contributed by atoms with van der Waals surface area (Å²) >= 11 is 0. The van der Waals surface area contributed by atoms with Crippen molar-refractivity contribution in [3.8, 4) is 5.75 Å². The second-order valence-electron chi connectivity index (χ2n) is 7.84. The summed E-state index contributed by atoms with van der Waals surface area (Å²) < 4.78 is 15.9. The molecule has 0 aromatic heterocycles. The van der Waals surface area contributed by atoms with E-state index in [1.807, 2.05) is 0 Å². The Morgan fingerprint density at radius 3 is 1.78 bits per heavy atom. The monoisotopic (exact) mass is 494 g/mol. The van der Waals surface area contributed by atoms with Gasteiger partial charge in [-0.25, -0.2) is 14.4 Å². The lowest BCUT2D eigenvalue weighted by molar-refractivity contribution is -0.384. The first kappa shape index (κ1) is 26.1. The SMILES string of the molecule is CCOC(=O)C1=C(C)NC(C)=C(C(=O)OCC)C1c1ccc(OC(=O)c2ccc([N+](=O)[O-])cc2)cc1. The van der Waals surface area contributed by atoms with Gasteiger partial charge < -0.3 is 19.5 Å². The number of benzene rings is 2. The molecule has 188 valence electrons. The van der Waals surface area contributed by atoms with Crippen molar-refractivity contribution >= 4 is 23.6 Å². The van der Waals surface area contributed by atoms with Gasteiger partial charge in [0.2, 0.25) is 0 Å². The molecule has 36 heavy (non-hydrogen) atoms. The number of ether oxygens (including phenoxy) is 3. The average molecular weight is 495 g/mol. The molecule has 0 spiro atoms. The van der Waals surface area contributed by atoms with Crippen molar-refractivity contribution in [2.75, 3.05) is 13.2 Å². The number of carbonyl (C=O) groups is 3. The second kappa shape index (κ2) is 11.3. The largest absolute Gasteiger partial charge is 0.463 e. The van der Waals surface area contributed by atoms with Crippen molar-refractivity contribution < 1.29 is 33.5 Å². The Labute approximate surface area is 207 Å². The number of hydrogen-bond donors (Lipinski definition) is 1. The molecule has 0 saturated heterocycles. The van der Waals surface area contributed by atoms with E-state index >= 15 is 0 Å². The van der Waals surface area contributed by atoms with E-state index in [-0.39, 0.29) is 41.4 Å². The molecule has 0 aliphatic carbocycles. The quantitative estimate of drug-likeness (QED) is 0.248. The number of nitrogens with one attached hydrogen (secondary N) is 1. The number of non-ortho nitro benzene ring substituents is 1. The van der Waals surface area contributed by atoms with Gasteiger partial charge in [0.1, 0.15) is 5.75 Å². The highest BCUT2D eigenvalue weighted by atomic mass is 16.6. The molecule has 2 aromatic rings. The number of nitro benzene ring substituents is 1. The summed E-state index contributed by atoms with van der Waals surface area (Å²) in [5.41, 5.74) is 2.27. The molecule has 0 amide bonds. The highest BCUT2D eigenvalue weighted by Crippen LogP contribution is 2.39. The van der Waals surface area contributed by atoms with E-state index in [1.54, 1.807) is 39.8 Å². The van der Waals surface area contributed by atoms with Crippen LogP contribution in [-0.4, -0.2) is 36.0 Å². The van der Waals surface area contributed by atoms with Gasteiger partial charge in [-0.3, -0.25) is 10.1 Å². The Kier molecular flexibility index (Phi) is 8.21. The predicted molar refractivity (Wildman–Crippen MR) is 129 cm³/mol. The number of carbonyl (C=O) groups excluding carboxylic acids is 3. The smallest absolute Gasteiger partial charge is 0.343 e. The molecule has 2 aromatic carbocycles. The molecule has 0 radical (unpaired) electrons. The van der Waals surface area contributed by atoms with Gasteiger partial charge >= 0.3 is 17.9 Å². The molecule has 0 fully saturated rings. The molecule has 1 N–H and O–H groups in total. The summed E-state index contributed by atoms with van der Waals surface area (Å²) in [6, 6.07) is 11.4. The summed E-state index contributed by atoms with van der Waals surface area (Å²) in [6.45, 7) is 7.17. The van der Waals surface area contributed by atoms with Crippen molar-refractivity contribution in [3.63, 3.8) is 0 Å². The number of nitro groups is 1. The highest BCUT2D eigenvalue weighted by molar-refractivity contribution is 6.00. The maximum absolute atomic E-state index is 12.9. The van der Waals surface area contributed by atoms with Crippen LogP contribution in [0, 0.1) is 10.1 Å². The van der Waals surface area contributed by atoms with Crippen molar-refractivity contribution in [3.05, 3.63) is 92.3 Å². The third-order valence-electron chi connectivity index (χ3n) is 5.49. The number of nitrogens with zero attached hydrogens (tertiary/aromatic N) is 1. The minimum Gasteiger partial charge on any atom is -0.463 e. The van der Waals surface area contributed by atoms with Crippen LogP contribution in [0.15, 0.2) is 71.1 Å². The lowest BCUT2D eigenvalue weighted by Gasteiger charge is -2.30. The zero-order valence-electron chi connectivity index (χ0n) is 20.3. The number of esters is 3. The molecule has 3 rings (SSSR count). The molecule has 1 aliphatic rings. The average Bonchev–Trinajstić information content (AvgIpc) is 2.84. The van der Waals surface area contributed by atoms with Crippen molar-refractivity contribution in [2.24, 2.45) is 0 Å². The second-order valence-corrected chi connectivity index (χ2v) is 7.84. The topological polar surface area (TPSA) is 134 Å². The molecular weight excluding hydrogens is 468 g/mol. The predicted octanol–water partition coefficient (Wildman–Crippen LogP) is 4.18. The lowest BCUT2D eigenvalue weighted by atomic mass is 9.80. The maximum Gasteiger partial charge on any atom is 0.343 e. The van der Waals surface area contributed by atoms with E-state index in [0.717, 1.165) is 0 Å². The molecule has 0 bridgehead atoms. The molecular formula is C26H26N2O8. The third kappa shape index (κ3) is 5.60. The summed E-state index contributed by atoms with van der Waals surface area (Å²) in [5, 5.41) is 13.9. The fraction of sp³-hybridized carbons (Fsp3) is 0.269. The van der Waals surface area contributed by atoms with Gasteiger partial charge in [0.05, 0.1) is 40.8 Å². The van der Waals surface area contributed by atoms with Crippen LogP contribution in [0.25, 0.3) is 0 Å². The first-order valence-corrected chi connectivity index (χ1v) is 11.3. The fourth-order valence-electron chi connectivity index (χ4n) is 3.90. The van der Waals surface area contributed by atoms with E-state index in [0.29, 0.717) is 17.0 Å². The van der Waals surface area contributed by atoms with E-state index < -0.39 is 28.7 Å². The number of hydrogen-bond acceptors (Lipinski definition) is 9. The molecule has 0 atom stereocenters. The van der Waals surface area contributed by atoms with E-state index in [4.69, 9.17) is 14.2 Å². The number of dihydropyridines is 1. The standard InChI is InChI=1S/C26H26N2O8/c1-5-34-25(30)21-15(3)27-16(4)22(26(31)35-6-2)23(21)17-9-13-20(14-10-17)36-24(29)18-7-11-19(12-8-18)28(32)33/h7-14,23,27H,5-6H2,1-4H3. The molecule has 0 unspecified atom stereocenters. The van der Waals surface area contributed by atoms with Gasteiger partial charge in [-0.05, 0) is 57.5 Å². The minimum atomic E-state index is -0.760. The van der Waals surface area contributed by atoms with Crippen LogP contribution >= 0.6 is 0 Å². The summed E-state index contributed by atoms with van der Waals surface area (Å²) in [5.74, 6) is -2.35. The van der Waals surface area contributed by atoms with E-state index in [9.17, 15) is 24.5 Å². The van der Waals surface area contributed by atoms with Crippen LogP contribution in [0.3, 0.4) is 0 Å². The van der Waals surface area contributed by atoms with Gasteiger partial charge in [0, 0.05) is 23.5 Å². The Morgan fingerprint density at radius 1 is 0.833 bits per heavy atom. The van der Waals surface area contributed by atoms with Crippen molar-refractivity contribution in [1.29, 1.82) is 0 Å². The fourth-order valence-corrected chi connectivity index (χ4v) is 3.90. The Hall–Kier alpha value is -4.47. The number of allylic oxidation sites excluding steroid dienone is 2. The van der Waals surface area contributed by atoms with Gasteiger partial charge in [-0.15, -0.1) is 0 Å². The lowest BCUT2D eigenvalue weighted by Crippen LogP contribution is -2.32. The van der Waals surface area contributed by atoms with Crippen LogP contribution in [0.1, 0.15) is 49.5 Å². The Morgan fingerprint density at radius 2 is 1.33 bits per heavy atom. The molecule has 0 saturated carbocycles. The molecule has 10 heteroatoms. The highest BCUT2D eigenvalue weighted by Gasteiger charge is 2.37. The van der Waals surface area contributed by atoms with Crippen LogP contribution < -0.4 is 10.1 Å². The first-order chi connectivity index (χ1) is 17.2. The van der Waals surface area contributed by atoms with Gasteiger partial charge in [0.15, 0.2) is 0 Å². The maximum atomic E-state index is 12.9. The van der Waals surface area contributed by atoms with Gasteiger partial charge in [-0.1, -0.05) is 12.1 Å². The first-order valence-electron chi connectivity index (χ1n) is 11.3. The van der Waals surface area contributed by atoms with Crippen molar-refractivity contribution in [1.82, 2.24) is 5.32 Å². The zero-order chi connectivity index (χ0) is 26.4. The molecule has 10 nitrogen and oxygen atoms in total. The minimum absolute atomic E-state index is 0.139. The van der Waals surface area contributed by atoms with Crippen LogP contribution in [0.5, 0.6) is 5.75 Å². The van der Waals surface area contributed by atoms with Crippen LogP contribution in [-0.2, 0) is 19.1 Å². The van der Waals surface area contributed by atoms with Crippen LogP contribution in [0.2, 0.25) is 0 Å². The van der Waals surface area contributed by atoms with E-state index in [1.165, 1.54) is 36.4 Å². The van der Waals surface area contributed by atoms with Gasteiger partial charge in [0.25, 0.3) is 5.69 Å². The van der Waals surface area contributed by atoms with Crippen LogP contribution in [0.4, 0.5) is 5.69 Å². The Bertz CT molecular complexity index is 1200.